The molecular weight excluding hydrogens is 316 g/mol. The average molecular weight is 333 g/mol. The Hall–Kier alpha value is -1.41. The topological polar surface area (TPSA) is 85.4 Å². The molecule has 1 heterocycles. The van der Waals surface area contributed by atoms with Crippen molar-refractivity contribution in [3.05, 3.63) is 10.7 Å². The Bertz CT molecular complexity index is 417. The Labute approximate surface area is 120 Å². The number of amides is 1. The highest BCUT2D eigenvalue weighted by molar-refractivity contribution is 9.10. The number of methoxy groups -OCH3 is 2. The molecule has 0 bridgehead atoms. The van der Waals surface area contributed by atoms with Crippen LogP contribution in [-0.2, 0) is 9.53 Å². The summed E-state index contributed by atoms with van der Waals surface area (Å²) in [6, 6.07) is 0. The quantitative estimate of drug-likeness (QED) is 0.685. The van der Waals surface area contributed by atoms with E-state index >= 15 is 0 Å². The van der Waals surface area contributed by atoms with E-state index in [1.54, 1.807) is 13.3 Å². The number of carbonyl (C=O) groups excluding carboxylic acids is 1. The van der Waals surface area contributed by atoms with Crippen LogP contribution in [0.4, 0.5) is 5.95 Å². The number of anilines is 1. The molecule has 2 N–H and O–H groups in total. The first kappa shape index (κ1) is 15.6. The molecule has 0 aliphatic rings. The molecule has 106 valence electrons. The van der Waals surface area contributed by atoms with Gasteiger partial charge in [-0.1, -0.05) is 0 Å². The van der Waals surface area contributed by atoms with Crippen LogP contribution in [0, 0.1) is 0 Å². The van der Waals surface area contributed by atoms with Gasteiger partial charge in [0.05, 0.1) is 24.4 Å². The molecule has 1 aromatic rings. The van der Waals surface area contributed by atoms with Crippen LogP contribution >= 0.6 is 15.9 Å². The number of rotatable bonds is 8. The highest BCUT2D eigenvalue weighted by Gasteiger charge is 2.05. The van der Waals surface area contributed by atoms with Gasteiger partial charge in [-0.2, -0.15) is 4.98 Å². The lowest BCUT2D eigenvalue weighted by atomic mass is 10.4. The Morgan fingerprint density at radius 2 is 2.21 bits per heavy atom. The highest BCUT2D eigenvalue weighted by atomic mass is 79.9. The zero-order valence-corrected chi connectivity index (χ0v) is 12.5. The van der Waals surface area contributed by atoms with Crippen molar-refractivity contribution < 1.29 is 14.3 Å². The van der Waals surface area contributed by atoms with Crippen molar-refractivity contribution >= 4 is 27.8 Å². The minimum Gasteiger partial charge on any atom is -0.480 e. The van der Waals surface area contributed by atoms with E-state index in [0.29, 0.717) is 42.4 Å². The van der Waals surface area contributed by atoms with Gasteiger partial charge in [0.25, 0.3) is 0 Å². The number of nitrogens with one attached hydrogen (secondary N) is 2. The maximum absolute atomic E-state index is 11.4. The lowest BCUT2D eigenvalue weighted by molar-refractivity contribution is -0.121. The number of aromatic nitrogens is 2. The summed E-state index contributed by atoms with van der Waals surface area (Å²) in [4.78, 5) is 19.6. The largest absolute Gasteiger partial charge is 0.480 e. The summed E-state index contributed by atoms with van der Waals surface area (Å²) < 4.78 is 10.6. The third-order valence-electron chi connectivity index (χ3n) is 2.17. The predicted molar refractivity (Wildman–Crippen MR) is 74.3 cm³/mol. The molecule has 0 aliphatic carbocycles. The summed E-state index contributed by atoms with van der Waals surface area (Å²) in [6.45, 7) is 1.47. The van der Waals surface area contributed by atoms with Gasteiger partial charge in [-0.3, -0.25) is 4.79 Å². The normalized spacial score (nSPS) is 10.1. The molecule has 0 spiro atoms. The van der Waals surface area contributed by atoms with E-state index in [1.165, 1.54) is 7.11 Å². The second-order valence-corrected chi connectivity index (χ2v) is 4.42. The van der Waals surface area contributed by atoms with Gasteiger partial charge in [-0.15, -0.1) is 0 Å². The molecule has 1 aromatic heterocycles. The van der Waals surface area contributed by atoms with Crippen LogP contribution in [0.1, 0.15) is 6.42 Å². The summed E-state index contributed by atoms with van der Waals surface area (Å²) in [6.07, 6.45) is 1.93. The Kier molecular flexibility index (Phi) is 7.12. The monoisotopic (exact) mass is 332 g/mol. The lowest BCUT2D eigenvalue weighted by Crippen LogP contribution is -2.28. The molecule has 0 saturated carbocycles. The fourth-order valence-corrected chi connectivity index (χ4v) is 1.60. The van der Waals surface area contributed by atoms with Crippen LogP contribution in [0.3, 0.4) is 0 Å². The van der Waals surface area contributed by atoms with E-state index in [1.807, 2.05) is 0 Å². The van der Waals surface area contributed by atoms with Crippen molar-refractivity contribution in [3.63, 3.8) is 0 Å². The van der Waals surface area contributed by atoms with Crippen molar-refractivity contribution in [1.29, 1.82) is 0 Å². The van der Waals surface area contributed by atoms with E-state index < -0.39 is 0 Å². The molecular formula is C11H17BrN4O3. The van der Waals surface area contributed by atoms with E-state index in [2.05, 4.69) is 36.5 Å². The molecule has 0 unspecified atom stereocenters. The van der Waals surface area contributed by atoms with Crippen molar-refractivity contribution in [2.45, 2.75) is 6.42 Å². The molecule has 7 nitrogen and oxygen atoms in total. The van der Waals surface area contributed by atoms with Crippen molar-refractivity contribution in [1.82, 2.24) is 15.3 Å². The molecule has 0 fully saturated rings. The van der Waals surface area contributed by atoms with Crippen LogP contribution in [-0.4, -0.2) is 49.8 Å². The number of hydrogen-bond donors (Lipinski definition) is 2. The van der Waals surface area contributed by atoms with Crippen LogP contribution < -0.4 is 15.4 Å². The molecule has 1 amide bonds. The summed E-state index contributed by atoms with van der Waals surface area (Å²) in [5.41, 5.74) is 0. The summed E-state index contributed by atoms with van der Waals surface area (Å²) >= 11 is 3.26. The second kappa shape index (κ2) is 8.65. The van der Waals surface area contributed by atoms with Crippen molar-refractivity contribution in [2.75, 3.05) is 39.2 Å². The maximum Gasteiger partial charge on any atom is 0.232 e. The fourth-order valence-electron chi connectivity index (χ4n) is 1.25. The first-order chi connectivity index (χ1) is 9.17. The second-order valence-electron chi connectivity index (χ2n) is 3.57. The molecule has 0 aromatic carbocycles. The van der Waals surface area contributed by atoms with Gasteiger partial charge >= 0.3 is 0 Å². The van der Waals surface area contributed by atoms with Gasteiger partial charge in [-0.05, 0) is 15.9 Å². The fraction of sp³-hybridized carbons (Fsp3) is 0.545. The Morgan fingerprint density at radius 1 is 1.42 bits per heavy atom. The van der Waals surface area contributed by atoms with Gasteiger partial charge in [-0.25, -0.2) is 4.98 Å². The first-order valence-electron chi connectivity index (χ1n) is 5.73. The molecule has 0 saturated heterocycles. The summed E-state index contributed by atoms with van der Waals surface area (Å²) in [5.74, 6) is 0.820. The zero-order valence-electron chi connectivity index (χ0n) is 10.9. The van der Waals surface area contributed by atoms with Crippen LogP contribution in [0.15, 0.2) is 10.7 Å². The number of nitrogens with zero attached hydrogens (tertiary/aromatic N) is 2. The molecule has 0 atom stereocenters. The van der Waals surface area contributed by atoms with Gasteiger partial charge < -0.3 is 20.1 Å². The van der Waals surface area contributed by atoms with E-state index in [4.69, 9.17) is 9.47 Å². The predicted octanol–water partition coefficient (Wildman–Crippen LogP) is 0.812. The first-order valence-corrected chi connectivity index (χ1v) is 6.52. The number of ether oxygens (including phenoxy) is 2. The molecule has 19 heavy (non-hydrogen) atoms. The van der Waals surface area contributed by atoms with Crippen molar-refractivity contribution in [3.8, 4) is 5.88 Å². The summed E-state index contributed by atoms with van der Waals surface area (Å²) in [7, 11) is 3.12. The number of hydrogen-bond acceptors (Lipinski definition) is 6. The van der Waals surface area contributed by atoms with Gasteiger partial charge in [0.15, 0.2) is 0 Å². The van der Waals surface area contributed by atoms with Crippen LogP contribution in [0.5, 0.6) is 5.88 Å². The molecule has 0 radical (unpaired) electrons. The standard InChI is InChI=1S/C11H17BrN4O3/c1-18-6-5-13-9(17)3-4-14-11-15-7-8(12)10(16-11)19-2/h7H,3-6H2,1-2H3,(H,13,17)(H,14,15,16). The average Bonchev–Trinajstić information content (AvgIpc) is 2.41. The highest BCUT2D eigenvalue weighted by Crippen LogP contribution is 2.21. The minimum atomic E-state index is -0.0476. The van der Waals surface area contributed by atoms with Gasteiger partial charge in [0, 0.05) is 26.6 Å². The van der Waals surface area contributed by atoms with Gasteiger partial charge in [0.1, 0.15) is 0 Å². The lowest BCUT2D eigenvalue weighted by Gasteiger charge is -2.07. The van der Waals surface area contributed by atoms with E-state index in [9.17, 15) is 4.79 Å². The molecule has 1 rings (SSSR count). The van der Waals surface area contributed by atoms with E-state index in [-0.39, 0.29) is 5.91 Å². The van der Waals surface area contributed by atoms with Crippen LogP contribution in [0.25, 0.3) is 0 Å². The third-order valence-corrected chi connectivity index (χ3v) is 2.71. The molecule has 8 heteroatoms. The maximum atomic E-state index is 11.4. The number of carbonyl (C=O) groups is 1. The number of halogens is 1. The van der Waals surface area contributed by atoms with Gasteiger partial charge in [0.2, 0.25) is 17.7 Å². The summed E-state index contributed by atoms with van der Waals surface area (Å²) in [5, 5.41) is 5.68. The molecule has 0 aliphatic heterocycles. The Morgan fingerprint density at radius 3 is 2.89 bits per heavy atom. The SMILES string of the molecule is COCCNC(=O)CCNc1ncc(Br)c(OC)n1. The zero-order chi connectivity index (χ0) is 14.1. The van der Waals surface area contributed by atoms with Crippen LogP contribution in [0.2, 0.25) is 0 Å². The van der Waals surface area contributed by atoms with E-state index in [0.717, 1.165) is 0 Å². The minimum absolute atomic E-state index is 0.0476. The smallest absolute Gasteiger partial charge is 0.232 e. The Balaban J connectivity index is 2.31. The third kappa shape index (κ3) is 5.84. The van der Waals surface area contributed by atoms with Crippen molar-refractivity contribution in [2.24, 2.45) is 0 Å².